The van der Waals surface area contributed by atoms with E-state index in [0.29, 0.717) is 0 Å². The summed E-state index contributed by atoms with van der Waals surface area (Å²) in [6.07, 6.45) is 3.18. The van der Waals surface area contributed by atoms with Crippen LogP contribution in [0.25, 0.3) is 6.08 Å². The normalized spacial score (nSPS) is 13.4. The number of rotatable bonds is 6. The first-order valence-electron chi connectivity index (χ1n) is 5.63. The van der Waals surface area contributed by atoms with Gasteiger partial charge in [0.25, 0.3) is 0 Å². The predicted molar refractivity (Wildman–Crippen MR) is 72.7 cm³/mol. The molecule has 1 aromatic carbocycles. The lowest BCUT2D eigenvalue weighted by molar-refractivity contribution is -0.141. The molecule has 0 aromatic heterocycles. The molecule has 0 aliphatic heterocycles. The zero-order valence-electron chi connectivity index (χ0n) is 11.1. The molecule has 1 aromatic rings. The van der Waals surface area contributed by atoms with Crippen molar-refractivity contribution in [2.24, 2.45) is 0 Å². The third-order valence-corrected chi connectivity index (χ3v) is 4.28. The molecule has 104 valence electrons. The summed E-state index contributed by atoms with van der Waals surface area (Å²) in [5.41, 5.74) is 0.887. The average Bonchev–Trinajstić information content (AvgIpc) is 2.43. The summed E-state index contributed by atoms with van der Waals surface area (Å²) in [4.78, 5) is 11.1. The number of carbonyl (C=O) groups excluding carboxylic acids is 1. The maximum atomic E-state index is 12.2. The molecule has 1 rings (SSSR count). The number of ether oxygens (including phenoxy) is 1. The first kappa shape index (κ1) is 15.6. The van der Waals surface area contributed by atoms with Crippen molar-refractivity contribution in [3.8, 4) is 0 Å². The van der Waals surface area contributed by atoms with Crippen molar-refractivity contribution in [1.82, 2.24) is 0 Å². The highest BCUT2D eigenvalue weighted by Crippen LogP contribution is 2.52. The molecule has 0 heterocycles. The number of hydrogen-bond donors (Lipinski definition) is 0. The summed E-state index contributed by atoms with van der Waals surface area (Å²) in [6, 6.07) is 9.35. The lowest BCUT2D eigenvalue weighted by Gasteiger charge is -2.21. The lowest BCUT2D eigenvalue weighted by atomic mass is 10.2. The second-order valence-electron chi connectivity index (χ2n) is 3.67. The van der Waals surface area contributed by atoms with E-state index in [1.165, 1.54) is 27.2 Å². The number of carbonyl (C=O) groups is 1. The molecular formula is C13H17O5P. The molecule has 0 amide bonds. The van der Waals surface area contributed by atoms with Crippen molar-refractivity contribution < 1.29 is 23.1 Å². The van der Waals surface area contributed by atoms with Gasteiger partial charge in [-0.2, -0.15) is 0 Å². The topological polar surface area (TPSA) is 61.8 Å². The van der Waals surface area contributed by atoms with E-state index >= 15 is 0 Å². The molecule has 0 aliphatic rings. The van der Waals surface area contributed by atoms with E-state index in [-0.39, 0.29) is 0 Å². The van der Waals surface area contributed by atoms with Crippen molar-refractivity contribution in [2.45, 2.75) is 12.8 Å². The Morgan fingerprint density at radius 3 is 2.26 bits per heavy atom. The molecule has 0 spiro atoms. The van der Waals surface area contributed by atoms with Gasteiger partial charge in [0, 0.05) is 21.1 Å². The smallest absolute Gasteiger partial charge is 0.374 e. The van der Waals surface area contributed by atoms with E-state index in [9.17, 15) is 9.36 Å². The maximum absolute atomic E-state index is 12.2. The third kappa shape index (κ3) is 4.63. The molecular weight excluding hydrogens is 267 g/mol. The van der Waals surface area contributed by atoms with Crippen LogP contribution in [0.1, 0.15) is 12.5 Å². The van der Waals surface area contributed by atoms with Crippen molar-refractivity contribution in [3.63, 3.8) is 0 Å². The Hall–Kier alpha value is -1.42. The summed E-state index contributed by atoms with van der Waals surface area (Å²) >= 11 is 0. The second kappa shape index (κ2) is 7.24. The molecule has 0 radical (unpaired) electrons. The molecule has 0 saturated carbocycles. The first-order chi connectivity index (χ1) is 9.01. The maximum Gasteiger partial charge on any atom is 0.374 e. The van der Waals surface area contributed by atoms with Crippen LogP contribution < -0.4 is 0 Å². The number of esters is 1. The Balaban J connectivity index is 2.95. The minimum Gasteiger partial charge on any atom is -0.445 e. The quantitative estimate of drug-likeness (QED) is 0.593. The van der Waals surface area contributed by atoms with Gasteiger partial charge in [-0.3, -0.25) is 9.36 Å². The summed E-state index contributed by atoms with van der Waals surface area (Å²) in [6.45, 7) is 1.24. The van der Waals surface area contributed by atoms with Gasteiger partial charge in [-0.15, -0.1) is 0 Å². The number of benzene rings is 1. The Kier molecular flexibility index (Phi) is 5.96. The minimum atomic E-state index is -3.51. The highest BCUT2D eigenvalue weighted by Gasteiger charge is 2.34. The third-order valence-electron chi connectivity index (χ3n) is 2.36. The van der Waals surface area contributed by atoms with Crippen LogP contribution in [0.15, 0.2) is 36.4 Å². The summed E-state index contributed by atoms with van der Waals surface area (Å²) < 4.78 is 26.9. The first-order valence-corrected chi connectivity index (χ1v) is 7.24. The van der Waals surface area contributed by atoms with Crippen LogP contribution >= 0.6 is 7.60 Å². The zero-order chi connectivity index (χ0) is 14.3. The highest BCUT2D eigenvalue weighted by molar-refractivity contribution is 7.54. The molecule has 0 aliphatic carbocycles. The van der Waals surface area contributed by atoms with Crippen molar-refractivity contribution in [1.29, 1.82) is 0 Å². The van der Waals surface area contributed by atoms with E-state index < -0.39 is 19.4 Å². The van der Waals surface area contributed by atoms with Crippen LogP contribution in [0.3, 0.4) is 0 Å². The van der Waals surface area contributed by atoms with Gasteiger partial charge in [0.15, 0.2) is 0 Å². The van der Waals surface area contributed by atoms with E-state index in [4.69, 9.17) is 13.8 Å². The minimum absolute atomic E-state index is 0.558. The van der Waals surface area contributed by atoms with Crippen LogP contribution in [-0.4, -0.2) is 26.0 Å². The predicted octanol–water partition coefficient (Wildman–Crippen LogP) is 3.07. The summed E-state index contributed by atoms with van der Waals surface area (Å²) in [5, 5.41) is 0. The van der Waals surface area contributed by atoms with Crippen LogP contribution in [0.2, 0.25) is 0 Å². The molecule has 0 fully saturated rings. The van der Waals surface area contributed by atoms with E-state index in [1.807, 2.05) is 30.3 Å². The summed E-state index contributed by atoms with van der Waals surface area (Å²) in [5.74, 6) is -1.63. The Bertz CT molecular complexity index is 475. The molecule has 19 heavy (non-hydrogen) atoms. The zero-order valence-corrected chi connectivity index (χ0v) is 12.0. The van der Waals surface area contributed by atoms with Gasteiger partial charge in [-0.25, -0.2) is 0 Å². The van der Waals surface area contributed by atoms with Gasteiger partial charge < -0.3 is 13.8 Å². The van der Waals surface area contributed by atoms with Crippen molar-refractivity contribution >= 4 is 19.6 Å². The van der Waals surface area contributed by atoms with E-state index in [2.05, 4.69) is 0 Å². The van der Waals surface area contributed by atoms with Crippen molar-refractivity contribution in [2.75, 3.05) is 14.2 Å². The van der Waals surface area contributed by atoms with Crippen molar-refractivity contribution in [3.05, 3.63) is 42.0 Å². The second-order valence-corrected chi connectivity index (χ2v) is 5.99. The largest absolute Gasteiger partial charge is 0.445 e. The molecule has 1 unspecified atom stereocenters. The molecule has 0 saturated heterocycles. The SMILES string of the molecule is COP(=O)(OC)C(/C=C/c1ccccc1)OC(C)=O. The standard InChI is InChI=1S/C13H17O5P/c1-11(14)18-13(19(15,16-2)17-3)10-9-12-7-5-4-6-8-12/h4-10,13H,1-3H3/b10-9+. The fourth-order valence-electron chi connectivity index (χ4n) is 1.42. The molecule has 0 bridgehead atoms. The fourth-order valence-corrected chi connectivity index (χ4v) is 2.56. The average molecular weight is 284 g/mol. The summed E-state index contributed by atoms with van der Waals surface area (Å²) in [7, 11) is -1.02. The Morgan fingerprint density at radius 2 is 1.79 bits per heavy atom. The van der Waals surface area contributed by atoms with E-state index in [0.717, 1.165) is 5.56 Å². The molecule has 6 heteroatoms. The van der Waals surface area contributed by atoms with Gasteiger partial charge in [0.2, 0.25) is 5.85 Å². The van der Waals surface area contributed by atoms with Gasteiger partial charge in [0.05, 0.1) is 0 Å². The monoisotopic (exact) mass is 284 g/mol. The van der Waals surface area contributed by atoms with Gasteiger partial charge in [0.1, 0.15) is 0 Å². The molecule has 0 N–H and O–H groups in total. The lowest BCUT2D eigenvalue weighted by Crippen LogP contribution is -2.16. The molecule has 5 nitrogen and oxygen atoms in total. The van der Waals surface area contributed by atoms with E-state index in [1.54, 1.807) is 6.08 Å². The van der Waals surface area contributed by atoms with Gasteiger partial charge in [-0.05, 0) is 11.6 Å². The highest BCUT2D eigenvalue weighted by atomic mass is 31.2. The molecule has 1 atom stereocenters. The van der Waals surface area contributed by atoms with Gasteiger partial charge in [-0.1, -0.05) is 36.4 Å². The van der Waals surface area contributed by atoms with Crippen LogP contribution in [0.5, 0.6) is 0 Å². The van der Waals surface area contributed by atoms with Crippen LogP contribution in [-0.2, 0) is 23.1 Å². The van der Waals surface area contributed by atoms with Gasteiger partial charge >= 0.3 is 13.6 Å². The number of hydrogen-bond acceptors (Lipinski definition) is 5. The Morgan fingerprint density at radius 1 is 1.21 bits per heavy atom. The van der Waals surface area contributed by atoms with Crippen LogP contribution in [0.4, 0.5) is 0 Å². The fraction of sp³-hybridized carbons (Fsp3) is 0.308. The van der Waals surface area contributed by atoms with Crippen LogP contribution in [0, 0.1) is 0 Å². The Labute approximate surface area is 112 Å².